The molecule has 0 radical (unpaired) electrons. The first kappa shape index (κ1) is 23.0. The van der Waals surface area contributed by atoms with E-state index < -0.39 is 30.0 Å². The number of amides is 1. The minimum atomic E-state index is -1.81. The summed E-state index contributed by atoms with van der Waals surface area (Å²) in [6.07, 6.45) is -1.70. The first-order valence-electron chi connectivity index (χ1n) is 9.65. The molecule has 0 spiro atoms. The van der Waals surface area contributed by atoms with Gasteiger partial charge in [-0.05, 0) is 53.4 Å². The average Bonchev–Trinajstić information content (AvgIpc) is 2.78. The molecule has 2 atom stereocenters. The fourth-order valence-electron chi connectivity index (χ4n) is 3.30. The number of carbonyl (C=O) groups excluding carboxylic acids is 1. The van der Waals surface area contributed by atoms with Crippen LogP contribution < -0.4 is 5.32 Å². The molecule has 0 aliphatic carbocycles. The number of hydrogen-bond donors (Lipinski definition) is 4. The number of aliphatic carboxylic acids is 1. The van der Waals surface area contributed by atoms with E-state index in [0.29, 0.717) is 16.1 Å². The Hall–Kier alpha value is -3.68. The summed E-state index contributed by atoms with van der Waals surface area (Å²) in [4.78, 5) is 35.8. The Kier molecular flexibility index (Phi) is 7.25. The molecule has 2 unspecified atom stereocenters. The lowest BCUT2D eigenvalue weighted by Gasteiger charge is -2.22. The molecule has 3 aromatic rings. The fourth-order valence-corrected chi connectivity index (χ4v) is 3.48. The van der Waals surface area contributed by atoms with Gasteiger partial charge in [-0.1, -0.05) is 54.1 Å². The standard InChI is InChI=1S/C24H20ClNO6/c25-17-9-10-18(23(29)30)19(13-17)15-7-4-8-16(12-15)22(28)26-20(21(27)24(31)32)11-14-5-2-1-3-6-14/h1-10,12-13,20-21,27H,11H2,(H,26,28)(H,29,30)(H,31,32). The van der Waals surface area contributed by atoms with Crippen molar-refractivity contribution in [3.8, 4) is 11.1 Å². The summed E-state index contributed by atoms with van der Waals surface area (Å²) < 4.78 is 0. The molecule has 0 fully saturated rings. The first-order valence-corrected chi connectivity index (χ1v) is 10.0. The number of aliphatic hydroxyl groups excluding tert-OH is 1. The van der Waals surface area contributed by atoms with Crippen molar-refractivity contribution < 1.29 is 29.7 Å². The summed E-state index contributed by atoms with van der Waals surface area (Å²) in [5.41, 5.74) is 1.74. The van der Waals surface area contributed by atoms with Gasteiger partial charge < -0.3 is 20.6 Å². The average molecular weight is 454 g/mol. The van der Waals surface area contributed by atoms with Crippen LogP contribution in [0.3, 0.4) is 0 Å². The zero-order valence-corrected chi connectivity index (χ0v) is 17.5. The number of benzene rings is 3. The second kappa shape index (κ2) is 10.1. The highest BCUT2D eigenvalue weighted by atomic mass is 35.5. The van der Waals surface area contributed by atoms with Gasteiger partial charge in [0.1, 0.15) is 0 Å². The van der Waals surface area contributed by atoms with Crippen LogP contribution in [0.15, 0.2) is 72.8 Å². The van der Waals surface area contributed by atoms with Gasteiger partial charge in [-0.15, -0.1) is 0 Å². The molecule has 0 bridgehead atoms. The molecule has 0 saturated carbocycles. The molecule has 3 aromatic carbocycles. The van der Waals surface area contributed by atoms with E-state index in [-0.39, 0.29) is 17.5 Å². The highest BCUT2D eigenvalue weighted by molar-refractivity contribution is 6.31. The lowest BCUT2D eigenvalue weighted by atomic mass is 9.97. The molecule has 7 nitrogen and oxygen atoms in total. The molecular weight excluding hydrogens is 434 g/mol. The summed E-state index contributed by atoms with van der Waals surface area (Å²) in [7, 11) is 0. The molecule has 164 valence electrons. The van der Waals surface area contributed by atoms with Crippen molar-refractivity contribution in [3.63, 3.8) is 0 Å². The maximum Gasteiger partial charge on any atom is 0.336 e. The predicted molar refractivity (Wildman–Crippen MR) is 119 cm³/mol. The lowest BCUT2D eigenvalue weighted by Crippen LogP contribution is -2.48. The number of halogens is 1. The minimum absolute atomic E-state index is 0.0233. The summed E-state index contributed by atoms with van der Waals surface area (Å²) in [6, 6.07) is 18.4. The normalized spacial score (nSPS) is 12.6. The third-order valence-electron chi connectivity index (χ3n) is 4.90. The van der Waals surface area contributed by atoms with Crippen LogP contribution in [0.1, 0.15) is 26.3 Å². The monoisotopic (exact) mass is 453 g/mol. The van der Waals surface area contributed by atoms with Gasteiger partial charge in [0.05, 0.1) is 11.6 Å². The molecule has 0 aromatic heterocycles. The molecule has 0 heterocycles. The number of carboxylic acid groups (broad SMARTS) is 2. The fraction of sp³-hybridized carbons (Fsp3) is 0.125. The number of nitrogens with one attached hydrogen (secondary N) is 1. The molecule has 0 aliphatic heterocycles. The number of aliphatic hydroxyl groups is 1. The van der Waals surface area contributed by atoms with Gasteiger partial charge in [0.2, 0.25) is 0 Å². The van der Waals surface area contributed by atoms with Gasteiger partial charge in [0, 0.05) is 10.6 Å². The van der Waals surface area contributed by atoms with Gasteiger partial charge in [0.25, 0.3) is 5.91 Å². The van der Waals surface area contributed by atoms with E-state index >= 15 is 0 Å². The highest BCUT2D eigenvalue weighted by Gasteiger charge is 2.28. The molecule has 1 amide bonds. The van der Waals surface area contributed by atoms with Crippen LogP contribution in [0.2, 0.25) is 5.02 Å². The SMILES string of the molecule is O=C(NC(Cc1ccccc1)C(O)C(=O)O)c1cccc(-c2cc(Cl)ccc2C(=O)O)c1. The van der Waals surface area contributed by atoms with E-state index in [4.69, 9.17) is 11.6 Å². The zero-order valence-electron chi connectivity index (χ0n) is 16.7. The Morgan fingerprint density at radius 2 is 1.62 bits per heavy atom. The maximum atomic E-state index is 12.9. The third kappa shape index (κ3) is 5.51. The molecule has 32 heavy (non-hydrogen) atoms. The van der Waals surface area contributed by atoms with Crippen LogP contribution in [0.5, 0.6) is 0 Å². The zero-order chi connectivity index (χ0) is 23.3. The van der Waals surface area contributed by atoms with E-state index in [2.05, 4.69) is 5.32 Å². The predicted octanol–water partition coefficient (Wildman–Crippen LogP) is 3.49. The van der Waals surface area contributed by atoms with Crippen molar-refractivity contribution in [2.45, 2.75) is 18.6 Å². The molecule has 0 aliphatic rings. The minimum Gasteiger partial charge on any atom is -0.479 e. The van der Waals surface area contributed by atoms with Crippen LogP contribution in [0, 0.1) is 0 Å². The first-order chi connectivity index (χ1) is 15.3. The van der Waals surface area contributed by atoms with E-state index in [9.17, 15) is 29.7 Å². The van der Waals surface area contributed by atoms with Crippen LogP contribution in [0.25, 0.3) is 11.1 Å². The van der Waals surface area contributed by atoms with Crippen LogP contribution in [-0.4, -0.2) is 45.3 Å². The second-order valence-electron chi connectivity index (χ2n) is 7.13. The van der Waals surface area contributed by atoms with Crippen molar-refractivity contribution in [2.24, 2.45) is 0 Å². The van der Waals surface area contributed by atoms with Crippen molar-refractivity contribution in [2.75, 3.05) is 0 Å². The molecule has 3 rings (SSSR count). The van der Waals surface area contributed by atoms with Crippen molar-refractivity contribution >= 4 is 29.4 Å². The topological polar surface area (TPSA) is 124 Å². The smallest absolute Gasteiger partial charge is 0.336 e. The Balaban J connectivity index is 1.89. The Bertz CT molecular complexity index is 1150. The highest BCUT2D eigenvalue weighted by Crippen LogP contribution is 2.28. The van der Waals surface area contributed by atoms with E-state index in [0.717, 1.165) is 5.56 Å². The van der Waals surface area contributed by atoms with Crippen molar-refractivity contribution in [1.29, 1.82) is 0 Å². The number of hydrogen-bond acceptors (Lipinski definition) is 4. The van der Waals surface area contributed by atoms with Gasteiger partial charge in [-0.25, -0.2) is 9.59 Å². The molecule has 4 N–H and O–H groups in total. The van der Waals surface area contributed by atoms with Crippen LogP contribution in [-0.2, 0) is 11.2 Å². The summed E-state index contributed by atoms with van der Waals surface area (Å²) in [5.74, 6) is -3.20. The molecule has 0 saturated heterocycles. The number of rotatable bonds is 8. The van der Waals surface area contributed by atoms with E-state index in [1.807, 2.05) is 0 Å². The number of carboxylic acids is 2. The van der Waals surface area contributed by atoms with Crippen LogP contribution >= 0.6 is 11.6 Å². The van der Waals surface area contributed by atoms with Gasteiger partial charge in [-0.3, -0.25) is 4.79 Å². The number of carbonyl (C=O) groups is 3. The van der Waals surface area contributed by atoms with E-state index in [1.165, 1.54) is 30.3 Å². The largest absolute Gasteiger partial charge is 0.479 e. The maximum absolute atomic E-state index is 12.9. The Morgan fingerprint density at radius 3 is 2.28 bits per heavy atom. The van der Waals surface area contributed by atoms with Gasteiger partial charge in [0.15, 0.2) is 6.10 Å². The number of aromatic carboxylic acids is 1. The van der Waals surface area contributed by atoms with Crippen molar-refractivity contribution in [1.82, 2.24) is 5.32 Å². The summed E-state index contributed by atoms with van der Waals surface area (Å²) in [6.45, 7) is 0. The quantitative estimate of drug-likeness (QED) is 0.414. The van der Waals surface area contributed by atoms with E-state index in [1.54, 1.807) is 42.5 Å². The van der Waals surface area contributed by atoms with Gasteiger partial charge >= 0.3 is 11.9 Å². The lowest BCUT2D eigenvalue weighted by molar-refractivity contribution is -0.148. The third-order valence-corrected chi connectivity index (χ3v) is 5.13. The Labute approximate surface area is 188 Å². The summed E-state index contributed by atoms with van der Waals surface area (Å²) in [5, 5.41) is 31.7. The van der Waals surface area contributed by atoms with Gasteiger partial charge in [-0.2, -0.15) is 0 Å². The summed E-state index contributed by atoms with van der Waals surface area (Å²) >= 11 is 6.03. The van der Waals surface area contributed by atoms with Crippen molar-refractivity contribution in [3.05, 3.63) is 94.5 Å². The second-order valence-corrected chi connectivity index (χ2v) is 7.57. The Morgan fingerprint density at radius 1 is 0.906 bits per heavy atom. The molecular formula is C24H20ClNO6. The molecule has 8 heteroatoms. The van der Waals surface area contributed by atoms with Crippen LogP contribution in [0.4, 0.5) is 0 Å².